The molecule has 6 nitrogen and oxygen atoms in total. The van der Waals surface area contributed by atoms with Crippen LogP contribution >= 0.6 is 0 Å². The van der Waals surface area contributed by atoms with Crippen LogP contribution in [0.3, 0.4) is 0 Å². The van der Waals surface area contributed by atoms with Crippen LogP contribution in [0.2, 0.25) is 0 Å². The number of allylic oxidation sites excluding steroid dienone is 28. The summed E-state index contributed by atoms with van der Waals surface area (Å²) < 4.78 is 16.9. The molecule has 1 unspecified atom stereocenters. The van der Waals surface area contributed by atoms with Gasteiger partial charge in [0.15, 0.2) is 6.10 Å². The maximum atomic E-state index is 12.9. The second-order valence-corrected chi connectivity index (χ2v) is 21.3. The highest BCUT2D eigenvalue weighted by molar-refractivity contribution is 5.71. The van der Waals surface area contributed by atoms with Crippen LogP contribution in [0, 0.1) is 0 Å². The zero-order chi connectivity index (χ0) is 59.2. The summed E-state index contributed by atoms with van der Waals surface area (Å²) in [4.78, 5) is 38.3. The van der Waals surface area contributed by atoms with Gasteiger partial charge in [-0.1, -0.05) is 268 Å². The lowest BCUT2D eigenvalue weighted by atomic mass is 10.1. The Bertz CT molecular complexity index is 1870. The minimum absolute atomic E-state index is 0.109. The fraction of sp³-hybridized carbons (Fsp3) is 0.592. The standard InChI is InChI=1S/C76H120O6/c1-4-7-10-13-16-19-22-25-28-30-31-32-33-34-35-36-37-38-39-40-41-42-43-44-45-47-48-51-54-57-60-63-66-69-75(78)81-72-73(71-80-74(77)68-65-62-59-56-53-50-27-24-21-18-15-12-9-6-3)82-76(79)70-67-64-61-58-55-52-49-46-29-26-23-20-17-14-11-8-5-2/h7,10,15-20,24-29,31-32,34-35,37-38,40-41,43-44,47-48,54,57,73H,4-6,8-9,11-14,21-23,30,33,36,39,42,45-46,49-53,55-56,58-72H2,1-3H3/b10-7-,18-15-,19-16-,20-17-,27-24-,28-25-,29-26-,32-31-,35-34-,38-37-,41-40-,44-43-,48-47-,57-54-. The number of hydrogen-bond acceptors (Lipinski definition) is 6. The van der Waals surface area contributed by atoms with Gasteiger partial charge in [-0.2, -0.15) is 0 Å². The Morgan fingerprint density at radius 3 is 0.805 bits per heavy atom. The molecule has 0 fully saturated rings. The number of carbonyl (C=O) groups excluding carboxylic acids is 3. The van der Waals surface area contributed by atoms with Gasteiger partial charge in [-0.15, -0.1) is 0 Å². The molecule has 0 bridgehead atoms. The van der Waals surface area contributed by atoms with E-state index in [9.17, 15) is 14.4 Å². The molecule has 0 saturated carbocycles. The summed E-state index contributed by atoms with van der Waals surface area (Å²) in [6.45, 7) is 6.40. The average molecular weight is 1130 g/mol. The van der Waals surface area contributed by atoms with E-state index in [4.69, 9.17) is 14.2 Å². The van der Waals surface area contributed by atoms with Crippen molar-refractivity contribution in [1.29, 1.82) is 0 Å². The molecule has 0 aliphatic heterocycles. The minimum Gasteiger partial charge on any atom is -0.462 e. The first kappa shape index (κ1) is 76.8. The van der Waals surface area contributed by atoms with Crippen molar-refractivity contribution in [3.63, 3.8) is 0 Å². The molecule has 0 spiro atoms. The molecule has 0 radical (unpaired) electrons. The second-order valence-electron chi connectivity index (χ2n) is 21.3. The molecule has 460 valence electrons. The van der Waals surface area contributed by atoms with Crippen molar-refractivity contribution in [3.8, 4) is 0 Å². The van der Waals surface area contributed by atoms with Crippen LogP contribution in [0.4, 0.5) is 0 Å². The first-order valence-electron chi connectivity index (χ1n) is 33.1. The normalized spacial score (nSPS) is 13.3. The Morgan fingerprint density at radius 1 is 0.256 bits per heavy atom. The van der Waals surface area contributed by atoms with Gasteiger partial charge in [-0.3, -0.25) is 14.4 Å². The van der Waals surface area contributed by atoms with Crippen molar-refractivity contribution in [1.82, 2.24) is 0 Å². The van der Waals surface area contributed by atoms with Gasteiger partial charge in [-0.05, 0) is 154 Å². The molecule has 0 aromatic heterocycles. The van der Waals surface area contributed by atoms with E-state index in [2.05, 4.69) is 191 Å². The summed E-state index contributed by atoms with van der Waals surface area (Å²) in [5.74, 6) is -0.979. The summed E-state index contributed by atoms with van der Waals surface area (Å²) in [7, 11) is 0. The van der Waals surface area contributed by atoms with Crippen molar-refractivity contribution < 1.29 is 28.6 Å². The van der Waals surface area contributed by atoms with Gasteiger partial charge in [-0.25, -0.2) is 0 Å². The predicted molar refractivity (Wildman–Crippen MR) is 357 cm³/mol. The smallest absolute Gasteiger partial charge is 0.306 e. The lowest BCUT2D eigenvalue weighted by Crippen LogP contribution is -2.30. The summed E-state index contributed by atoms with van der Waals surface area (Å²) in [5, 5.41) is 0. The van der Waals surface area contributed by atoms with Gasteiger partial charge in [0.25, 0.3) is 0 Å². The number of ether oxygens (including phenoxy) is 3. The molecule has 0 amide bonds. The van der Waals surface area contributed by atoms with Crippen LogP contribution in [0.5, 0.6) is 0 Å². The fourth-order valence-corrected chi connectivity index (χ4v) is 8.46. The molecular weight excluding hydrogens is 1010 g/mol. The number of esters is 3. The highest BCUT2D eigenvalue weighted by Crippen LogP contribution is 2.14. The van der Waals surface area contributed by atoms with Crippen molar-refractivity contribution >= 4 is 17.9 Å². The van der Waals surface area contributed by atoms with Crippen LogP contribution in [-0.2, 0) is 28.6 Å². The molecule has 6 heteroatoms. The first-order valence-corrected chi connectivity index (χ1v) is 33.1. The van der Waals surface area contributed by atoms with Crippen molar-refractivity contribution in [2.24, 2.45) is 0 Å². The van der Waals surface area contributed by atoms with E-state index in [0.29, 0.717) is 25.7 Å². The van der Waals surface area contributed by atoms with Crippen molar-refractivity contribution in [2.45, 2.75) is 277 Å². The predicted octanol–water partition coefficient (Wildman–Crippen LogP) is 23.0. The summed E-state index contributed by atoms with van der Waals surface area (Å²) >= 11 is 0. The molecule has 0 heterocycles. The quantitative estimate of drug-likeness (QED) is 0.0261. The zero-order valence-electron chi connectivity index (χ0n) is 52.7. The van der Waals surface area contributed by atoms with E-state index in [0.717, 1.165) is 154 Å². The summed E-state index contributed by atoms with van der Waals surface area (Å²) in [6, 6.07) is 0. The lowest BCUT2D eigenvalue weighted by molar-refractivity contribution is -0.167. The lowest BCUT2D eigenvalue weighted by Gasteiger charge is -2.18. The van der Waals surface area contributed by atoms with Crippen LogP contribution in [0.15, 0.2) is 170 Å². The molecule has 1 atom stereocenters. The highest BCUT2D eigenvalue weighted by atomic mass is 16.6. The minimum atomic E-state index is -0.816. The van der Waals surface area contributed by atoms with E-state index in [1.54, 1.807) is 0 Å². The SMILES string of the molecule is CC/C=C\C/C=C\C/C=C\C/C=C\C/C=C\C/C=C\C/C=C\C/C=C\C/C=C\C/C=C\CCCCC(=O)OCC(COC(=O)CCCCCCC/C=C\C/C=C\CCCC)OC(=O)CCCCCCCCC/C=C\C/C=C\CCCCC. The summed E-state index contributed by atoms with van der Waals surface area (Å²) in [5.41, 5.74) is 0. The maximum Gasteiger partial charge on any atom is 0.306 e. The Morgan fingerprint density at radius 2 is 0.488 bits per heavy atom. The number of rotatable bonds is 58. The monoisotopic (exact) mass is 1130 g/mol. The largest absolute Gasteiger partial charge is 0.462 e. The number of unbranched alkanes of at least 4 members (excludes halogenated alkanes) is 19. The van der Waals surface area contributed by atoms with Crippen LogP contribution in [0.1, 0.15) is 271 Å². The van der Waals surface area contributed by atoms with Crippen molar-refractivity contribution in [3.05, 3.63) is 170 Å². The molecule has 0 aliphatic rings. The second kappa shape index (κ2) is 68.3. The van der Waals surface area contributed by atoms with Crippen LogP contribution < -0.4 is 0 Å². The Hall–Kier alpha value is -5.23. The molecule has 0 aliphatic carbocycles. The van der Waals surface area contributed by atoms with Crippen molar-refractivity contribution in [2.75, 3.05) is 13.2 Å². The molecule has 0 N–H and O–H groups in total. The van der Waals surface area contributed by atoms with E-state index in [-0.39, 0.29) is 31.1 Å². The highest BCUT2D eigenvalue weighted by Gasteiger charge is 2.19. The first-order chi connectivity index (χ1) is 40.5. The van der Waals surface area contributed by atoms with E-state index in [1.807, 2.05) is 0 Å². The van der Waals surface area contributed by atoms with Gasteiger partial charge in [0.1, 0.15) is 13.2 Å². The third-order valence-electron chi connectivity index (χ3n) is 13.4. The Balaban J connectivity index is 4.43. The van der Waals surface area contributed by atoms with Gasteiger partial charge in [0.05, 0.1) is 0 Å². The summed E-state index contributed by atoms with van der Waals surface area (Å²) in [6.07, 6.45) is 101. The Kier molecular flexibility index (Phi) is 63.9. The maximum absolute atomic E-state index is 12.9. The van der Waals surface area contributed by atoms with Gasteiger partial charge in [0, 0.05) is 19.3 Å². The van der Waals surface area contributed by atoms with E-state index >= 15 is 0 Å². The third kappa shape index (κ3) is 65.6. The fourth-order valence-electron chi connectivity index (χ4n) is 8.46. The van der Waals surface area contributed by atoms with Gasteiger partial charge >= 0.3 is 17.9 Å². The third-order valence-corrected chi connectivity index (χ3v) is 13.4. The van der Waals surface area contributed by atoms with E-state index in [1.165, 1.54) is 70.6 Å². The van der Waals surface area contributed by atoms with Crippen LogP contribution in [0.25, 0.3) is 0 Å². The number of hydrogen-bond donors (Lipinski definition) is 0. The molecule has 82 heavy (non-hydrogen) atoms. The van der Waals surface area contributed by atoms with Gasteiger partial charge < -0.3 is 14.2 Å². The average Bonchev–Trinajstić information content (AvgIpc) is 3.47. The molecule has 0 saturated heterocycles. The van der Waals surface area contributed by atoms with Crippen LogP contribution in [-0.4, -0.2) is 37.2 Å². The molecule has 0 aromatic carbocycles. The molecule has 0 rings (SSSR count). The molecular formula is C76H120O6. The zero-order valence-corrected chi connectivity index (χ0v) is 52.7. The number of carbonyl (C=O) groups is 3. The molecule has 0 aromatic rings. The van der Waals surface area contributed by atoms with E-state index < -0.39 is 6.10 Å². The van der Waals surface area contributed by atoms with Gasteiger partial charge in [0.2, 0.25) is 0 Å². The topological polar surface area (TPSA) is 78.9 Å². The Labute approximate surface area is 504 Å².